The lowest BCUT2D eigenvalue weighted by Gasteiger charge is -2.41. The Kier molecular flexibility index (Phi) is 4.20. The molecule has 2 nitrogen and oxygen atoms in total. The van der Waals surface area contributed by atoms with E-state index >= 15 is 0 Å². The van der Waals surface area contributed by atoms with E-state index in [1.165, 1.54) is 43.7 Å². The van der Waals surface area contributed by atoms with E-state index in [-0.39, 0.29) is 0 Å². The number of thioether (sulfide) groups is 1. The highest BCUT2D eigenvalue weighted by atomic mass is 32.2. The summed E-state index contributed by atoms with van der Waals surface area (Å²) in [5, 5.41) is 0. The van der Waals surface area contributed by atoms with Crippen LogP contribution < -0.4 is 5.73 Å². The van der Waals surface area contributed by atoms with E-state index in [9.17, 15) is 0 Å². The summed E-state index contributed by atoms with van der Waals surface area (Å²) in [6.45, 7) is 6.77. The molecule has 2 aliphatic rings. The summed E-state index contributed by atoms with van der Waals surface area (Å²) >= 11 is 2.09. The first kappa shape index (κ1) is 12.7. The second-order valence-electron chi connectivity index (χ2n) is 5.84. The maximum Gasteiger partial charge on any atom is 0.0432 e. The lowest BCUT2D eigenvalue weighted by atomic mass is 9.95. The Morgan fingerprint density at radius 2 is 2.19 bits per heavy atom. The molecule has 3 heteroatoms. The average molecular weight is 242 g/mol. The quantitative estimate of drug-likeness (QED) is 0.775. The predicted molar refractivity (Wildman–Crippen MR) is 72.9 cm³/mol. The van der Waals surface area contributed by atoms with Crippen LogP contribution in [0.15, 0.2) is 0 Å². The molecule has 0 bridgehead atoms. The van der Waals surface area contributed by atoms with Crippen LogP contribution in [0.2, 0.25) is 0 Å². The molecule has 0 aromatic heterocycles. The fourth-order valence-corrected chi connectivity index (χ4v) is 4.17. The summed E-state index contributed by atoms with van der Waals surface area (Å²) in [5.74, 6) is 3.38. The first-order valence-corrected chi connectivity index (χ1v) is 7.88. The Hall–Kier alpha value is 0.270. The lowest BCUT2D eigenvalue weighted by Crippen LogP contribution is -2.55. The van der Waals surface area contributed by atoms with Crippen LogP contribution in [0.5, 0.6) is 0 Å². The van der Waals surface area contributed by atoms with Gasteiger partial charge in [-0.3, -0.25) is 4.90 Å². The minimum Gasteiger partial charge on any atom is -0.329 e. The van der Waals surface area contributed by atoms with Crippen molar-refractivity contribution in [3.8, 4) is 0 Å². The zero-order chi connectivity index (χ0) is 11.6. The number of nitrogens with two attached hydrogens (primary N) is 1. The molecular formula is C13H26N2S. The largest absolute Gasteiger partial charge is 0.329 e. The zero-order valence-electron chi connectivity index (χ0n) is 10.7. The highest BCUT2D eigenvalue weighted by Crippen LogP contribution is 2.40. The number of rotatable bonds is 6. The van der Waals surface area contributed by atoms with Gasteiger partial charge >= 0.3 is 0 Å². The summed E-state index contributed by atoms with van der Waals surface area (Å²) < 4.78 is 0. The van der Waals surface area contributed by atoms with E-state index in [0.29, 0.717) is 5.54 Å². The van der Waals surface area contributed by atoms with Crippen molar-refractivity contribution in [3.05, 3.63) is 0 Å². The van der Waals surface area contributed by atoms with E-state index in [4.69, 9.17) is 5.73 Å². The van der Waals surface area contributed by atoms with Crippen LogP contribution in [-0.4, -0.2) is 41.1 Å². The van der Waals surface area contributed by atoms with Crippen molar-refractivity contribution < 1.29 is 0 Å². The van der Waals surface area contributed by atoms with Crippen LogP contribution >= 0.6 is 11.8 Å². The molecule has 1 atom stereocenters. The Bertz CT molecular complexity index is 220. The van der Waals surface area contributed by atoms with Gasteiger partial charge in [0.05, 0.1) is 0 Å². The summed E-state index contributed by atoms with van der Waals surface area (Å²) in [5.41, 5.74) is 6.43. The molecule has 0 aromatic rings. The number of hydrogen-bond donors (Lipinski definition) is 1. The van der Waals surface area contributed by atoms with Crippen molar-refractivity contribution in [1.82, 2.24) is 4.90 Å². The van der Waals surface area contributed by atoms with E-state index in [2.05, 4.69) is 30.5 Å². The van der Waals surface area contributed by atoms with E-state index < -0.39 is 0 Å². The van der Waals surface area contributed by atoms with Crippen molar-refractivity contribution in [2.75, 3.05) is 24.6 Å². The molecule has 16 heavy (non-hydrogen) atoms. The molecule has 0 aromatic carbocycles. The van der Waals surface area contributed by atoms with Crippen molar-refractivity contribution in [2.24, 2.45) is 11.7 Å². The molecule has 2 rings (SSSR count). The molecule has 0 amide bonds. The second-order valence-corrected chi connectivity index (χ2v) is 6.94. The van der Waals surface area contributed by atoms with Gasteiger partial charge in [0.2, 0.25) is 0 Å². The Morgan fingerprint density at radius 1 is 1.44 bits per heavy atom. The van der Waals surface area contributed by atoms with Crippen LogP contribution in [-0.2, 0) is 0 Å². The molecule has 0 spiro atoms. The number of nitrogens with zero attached hydrogens (tertiary/aromatic N) is 1. The monoisotopic (exact) mass is 242 g/mol. The highest BCUT2D eigenvalue weighted by Gasteiger charge is 2.45. The van der Waals surface area contributed by atoms with Gasteiger partial charge in [0.15, 0.2) is 0 Å². The highest BCUT2D eigenvalue weighted by molar-refractivity contribution is 7.99. The lowest BCUT2D eigenvalue weighted by molar-refractivity contribution is 0.101. The van der Waals surface area contributed by atoms with Crippen LogP contribution in [0, 0.1) is 5.92 Å². The van der Waals surface area contributed by atoms with Gasteiger partial charge in [-0.1, -0.05) is 13.8 Å². The van der Waals surface area contributed by atoms with Gasteiger partial charge in [-0.25, -0.2) is 0 Å². The molecular weight excluding hydrogens is 216 g/mol. The first-order chi connectivity index (χ1) is 7.68. The Morgan fingerprint density at radius 3 is 2.62 bits per heavy atom. The molecule has 2 N–H and O–H groups in total. The molecule has 0 radical (unpaired) electrons. The summed E-state index contributed by atoms with van der Waals surface area (Å²) in [6, 6.07) is 0.862. The molecule has 1 aliphatic carbocycles. The summed E-state index contributed by atoms with van der Waals surface area (Å²) in [4.78, 5) is 2.77. The van der Waals surface area contributed by atoms with Gasteiger partial charge in [0.25, 0.3) is 0 Å². The average Bonchev–Trinajstić information content (AvgIpc) is 2.96. The van der Waals surface area contributed by atoms with Gasteiger partial charge < -0.3 is 5.73 Å². The van der Waals surface area contributed by atoms with E-state index in [0.717, 1.165) is 18.5 Å². The van der Waals surface area contributed by atoms with Crippen molar-refractivity contribution in [3.63, 3.8) is 0 Å². The van der Waals surface area contributed by atoms with Gasteiger partial charge in [-0.05, 0) is 43.9 Å². The van der Waals surface area contributed by atoms with Gasteiger partial charge in [-0.2, -0.15) is 11.8 Å². The Labute approximate surface area is 104 Å². The smallest absolute Gasteiger partial charge is 0.0432 e. The van der Waals surface area contributed by atoms with Crippen LogP contribution in [0.3, 0.4) is 0 Å². The molecule has 94 valence electrons. The Balaban J connectivity index is 1.99. The number of hydrogen-bond acceptors (Lipinski definition) is 3. The van der Waals surface area contributed by atoms with Crippen molar-refractivity contribution in [1.29, 1.82) is 0 Å². The van der Waals surface area contributed by atoms with Crippen LogP contribution in [0.25, 0.3) is 0 Å². The normalized spacial score (nSPS) is 30.6. The van der Waals surface area contributed by atoms with Gasteiger partial charge in [0.1, 0.15) is 0 Å². The molecule has 1 aliphatic heterocycles. The third-order valence-electron chi connectivity index (χ3n) is 4.01. The minimum absolute atomic E-state index is 0.348. The second kappa shape index (κ2) is 5.28. The molecule has 2 fully saturated rings. The van der Waals surface area contributed by atoms with Gasteiger partial charge in [0, 0.05) is 23.9 Å². The maximum atomic E-state index is 6.09. The van der Waals surface area contributed by atoms with E-state index in [1.54, 1.807) is 0 Å². The van der Waals surface area contributed by atoms with Crippen LogP contribution in [0.1, 0.15) is 39.5 Å². The van der Waals surface area contributed by atoms with Gasteiger partial charge in [-0.15, -0.1) is 0 Å². The standard InChI is InChI=1S/C13H26N2S/c1-11(2)5-7-15(12-3-4-12)13(9-14)6-8-16-10-13/h11-12H,3-10,14H2,1-2H3. The molecule has 1 heterocycles. The topological polar surface area (TPSA) is 29.3 Å². The first-order valence-electron chi connectivity index (χ1n) is 6.72. The predicted octanol–water partition coefficient (Wildman–Crippen LogP) is 2.33. The van der Waals surface area contributed by atoms with Crippen molar-refractivity contribution >= 4 is 11.8 Å². The van der Waals surface area contributed by atoms with Crippen LogP contribution in [0.4, 0.5) is 0 Å². The third kappa shape index (κ3) is 2.74. The van der Waals surface area contributed by atoms with Crippen molar-refractivity contribution in [2.45, 2.75) is 51.1 Å². The fraction of sp³-hybridized carbons (Fsp3) is 1.00. The minimum atomic E-state index is 0.348. The third-order valence-corrected chi connectivity index (χ3v) is 5.24. The summed E-state index contributed by atoms with van der Waals surface area (Å²) in [7, 11) is 0. The molecule has 1 saturated heterocycles. The maximum absolute atomic E-state index is 6.09. The summed E-state index contributed by atoms with van der Waals surface area (Å²) in [6.07, 6.45) is 5.45. The van der Waals surface area contributed by atoms with E-state index in [1.807, 2.05) is 0 Å². The molecule has 1 saturated carbocycles. The SMILES string of the molecule is CC(C)CCN(C1CC1)C1(CN)CCSC1. The molecule has 1 unspecified atom stereocenters. The zero-order valence-corrected chi connectivity index (χ0v) is 11.6. The fourth-order valence-electron chi connectivity index (χ4n) is 2.69.